The summed E-state index contributed by atoms with van der Waals surface area (Å²) >= 11 is 0. The molecular weight excluding hydrogens is 248 g/mol. The van der Waals surface area contributed by atoms with Gasteiger partial charge in [-0.15, -0.1) is 0 Å². The summed E-state index contributed by atoms with van der Waals surface area (Å²) in [6.45, 7) is 19.7. The summed E-state index contributed by atoms with van der Waals surface area (Å²) in [5.41, 5.74) is 2.36. The molecule has 19 heavy (non-hydrogen) atoms. The molecule has 0 bridgehead atoms. The van der Waals surface area contributed by atoms with Gasteiger partial charge in [-0.05, 0) is 34.2 Å². The first-order valence-electron chi connectivity index (χ1n) is 6.96. The van der Waals surface area contributed by atoms with Crippen molar-refractivity contribution < 1.29 is 4.43 Å². The maximum Gasteiger partial charge on any atom is 0.246 e. The van der Waals surface area contributed by atoms with E-state index in [0.29, 0.717) is 0 Å². The van der Waals surface area contributed by atoms with Crippen molar-refractivity contribution in [1.82, 2.24) is 0 Å². The molecule has 0 saturated carbocycles. The Kier molecular flexibility index (Phi) is 4.67. The minimum absolute atomic E-state index is 0.231. The second-order valence-corrected chi connectivity index (χ2v) is 11.9. The van der Waals surface area contributed by atoms with Gasteiger partial charge in [0, 0.05) is 0 Å². The van der Waals surface area contributed by atoms with E-state index in [1.54, 1.807) is 0 Å². The second kappa shape index (κ2) is 5.54. The average molecular weight is 276 g/mol. The van der Waals surface area contributed by atoms with E-state index in [-0.39, 0.29) is 10.1 Å². The number of hydrogen-bond donors (Lipinski definition) is 0. The molecule has 0 amide bonds. The third kappa shape index (κ3) is 3.97. The molecule has 0 unspecified atom stereocenters. The first-order chi connectivity index (χ1) is 8.57. The topological polar surface area (TPSA) is 9.23 Å². The zero-order valence-corrected chi connectivity index (χ0v) is 14.7. The van der Waals surface area contributed by atoms with Crippen LogP contribution in [0, 0.1) is 6.92 Å². The zero-order valence-electron chi connectivity index (χ0n) is 13.5. The van der Waals surface area contributed by atoms with Crippen LogP contribution in [0.3, 0.4) is 0 Å². The molecule has 0 aliphatic heterocycles. The molecule has 1 aromatic carbocycles. The lowest BCUT2D eigenvalue weighted by Gasteiger charge is -2.39. The SMILES string of the molecule is C=Cc1cccc(O[SiH](C(C)(C)C)C(C)(C)C)c1C. The fourth-order valence-electron chi connectivity index (χ4n) is 2.76. The van der Waals surface area contributed by atoms with E-state index in [2.05, 4.69) is 73.2 Å². The Morgan fingerprint density at radius 3 is 2.00 bits per heavy atom. The van der Waals surface area contributed by atoms with Crippen molar-refractivity contribution in [2.45, 2.75) is 58.5 Å². The van der Waals surface area contributed by atoms with Crippen LogP contribution in [0.25, 0.3) is 6.08 Å². The minimum Gasteiger partial charge on any atom is -0.545 e. The maximum absolute atomic E-state index is 6.51. The van der Waals surface area contributed by atoms with E-state index < -0.39 is 9.04 Å². The third-order valence-electron chi connectivity index (χ3n) is 3.36. The second-order valence-electron chi connectivity index (χ2n) is 7.40. The van der Waals surface area contributed by atoms with Crippen molar-refractivity contribution in [3.8, 4) is 5.75 Å². The van der Waals surface area contributed by atoms with E-state index in [1.165, 1.54) is 5.56 Å². The average Bonchev–Trinajstić information content (AvgIpc) is 2.24. The lowest BCUT2D eigenvalue weighted by atomic mass is 10.1. The van der Waals surface area contributed by atoms with Gasteiger partial charge in [-0.2, -0.15) is 0 Å². The van der Waals surface area contributed by atoms with Crippen LogP contribution in [0.2, 0.25) is 10.1 Å². The van der Waals surface area contributed by atoms with Gasteiger partial charge in [0.25, 0.3) is 0 Å². The fourth-order valence-corrected chi connectivity index (χ4v) is 6.57. The number of rotatable bonds is 3. The molecule has 0 aromatic heterocycles. The van der Waals surface area contributed by atoms with Crippen LogP contribution in [0.4, 0.5) is 0 Å². The van der Waals surface area contributed by atoms with Crippen molar-refractivity contribution in [1.29, 1.82) is 0 Å². The predicted octanol–water partition coefficient (Wildman–Crippen LogP) is 5.34. The number of hydrogen-bond acceptors (Lipinski definition) is 1. The highest BCUT2D eigenvalue weighted by molar-refractivity contribution is 6.59. The molecule has 0 aliphatic rings. The van der Waals surface area contributed by atoms with Crippen molar-refractivity contribution in [2.75, 3.05) is 0 Å². The van der Waals surface area contributed by atoms with Gasteiger partial charge in [-0.3, -0.25) is 0 Å². The smallest absolute Gasteiger partial charge is 0.246 e. The van der Waals surface area contributed by atoms with E-state index in [4.69, 9.17) is 4.43 Å². The lowest BCUT2D eigenvalue weighted by molar-refractivity contribution is 0.459. The van der Waals surface area contributed by atoms with E-state index in [0.717, 1.165) is 11.3 Å². The first-order valence-corrected chi connectivity index (χ1v) is 8.58. The van der Waals surface area contributed by atoms with Crippen molar-refractivity contribution >= 4 is 15.1 Å². The third-order valence-corrected chi connectivity index (χ3v) is 7.00. The number of benzene rings is 1. The Labute approximate surface area is 120 Å². The minimum atomic E-state index is -1.43. The summed E-state index contributed by atoms with van der Waals surface area (Å²) < 4.78 is 6.51. The molecule has 0 atom stereocenters. The largest absolute Gasteiger partial charge is 0.545 e. The summed E-state index contributed by atoms with van der Waals surface area (Å²) in [6.07, 6.45) is 1.90. The van der Waals surface area contributed by atoms with Crippen molar-refractivity contribution in [3.63, 3.8) is 0 Å². The van der Waals surface area contributed by atoms with Gasteiger partial charge in [0.05, 0.1) is 0 Å². The molecule has 106 valence electrons. The quantitative estimate of drug-likeness (QED) is 0.677. The highest BCUT2D eigenvalue weighted by Crippen LogP contribution is 2.43. The van der Waals surface area contributed by atoms with Crippen LogP contribution in [0.5, 0.6) is 5.75 Å². The molecule has 2 heteroatoms. The highest BCUT2D eigenvalue weighted by Gasteiger charge is 2.40. The van der Waals surface area contributed by atoms with Crippen LogP contribution in [-0.2, 0) is 0 Å². The summed E-state index contributed by atoms with van der Waals surface area (Å²) in [7, 11) is -1.43. The van der Waals surface area contributed by atoms with Crippen LogP contribution in [-0.4, -0.2) is 9.04 Å². The molecule has 0 spiro atoms. The Morgan fingerprint density at radius 2 is 1.58 bits per heavy atom. The van der Waals surface area contributed by atoms with Gasteiger partial charge in [-0.1, -0.05) is 66.3 Å². The summed E-state index contributed by atoms with van der Waals surface area (Å²) in [4.78, 5) is 0. The maximum atomic E-state index is 6.51. The van der Waals surface area contributed by atoms with Crippen LogP contribution in [0.15, 0.2) is 24.8 Å². The molecular formula is C17H28OSi. The molecule has 0 aliphatic carbocycles. The van der Waals surface area contributed by atoms with Gasteiger partial charge in [-0.25, -0.2) is 0 Å². The molecule has 0 saturated heterocycles. The van der Waals surface area contributed by atoms with Crippen molar-refractivity contribution in [3.05, 3.63) is 35.9 Å². The zero-order chi connectivity index (χ0) is 14.8. The van der Waals surface area contributed by atoms with Gasteiger partial charge in [0.15, 0.2) is 0 Å². The Bertz CT molecular complexity index is 435. The summed E-state index contributed by atoms with van der Waals surface area (Å²) in [6, 6.07) is 6.22. The molecule has 0 fully saturated rings. The monoisotopic (exact) mass is 276 g/mol. The van der Waals surface area contributed by atoms with Gasteiger partial charge in [0.2, 0.25) is 9.04 Å². The van der Waals surface area contributed by atoms with Crippen LogP contribution < -0.4 is 4.43 Å². The van der Waals surface area contributed by atoms with E-state index >= 15 is 0 Å². The van der Waals surface area contributed by atoms with Gasteiger partial charge >= 0.3 is 0 Å². The summed E-state index contributed by atoms with van der Waals surface area (Å²) in [5, 5.41) is 0.462. The first kappa shape index (κ1) is 16.0. The molecule has 1 aromatic rings. The molecule has 0 heterocycles. The molecule has 0 radical (unpaired) electrons. The Morgan fingerprint density at radius 1 is 1.05 bits per heavy atom. The Hall–Kier alpha value is -1.02. The normalized spacial score (nSPS) is 12.6. The molecule has 1 rings (SSSR count). The van der Waals surface area contributed by atoms with Crippen molar-refractivity contribution in [2.24, 2.45) is 0 Å². The molecule has 0 N–H and O–H groups in total. The fraction of sp³-hybridized carbons (Fsp3) is 0.529. The predicted molar refractivity (Wildman–Crippen MR) is 88.5 cm³/mol. The summed E-state index contributed by atoms with van der Waals surface area (Å²) in [5.74, 6) is 1.03. The lowest BCUT2D eigenvalue weighted by Crippen LogP contribution is -2.41. The van der Waals surface area contributed by atoms with Crippen LogP contribution in [0.1, 0.15) is 52.7 Å². The van der Waals surface area contributed by atoms with Gasteiger partial charge in [0.1, 0.15) is 5.75 Å². The van der Waals surface area contributed by atoms with Gasteiger partial charge < -0.3 is 4.43 Å². The highest BCUT2D eigenvalue weighted by atomic mass is 28.3. The standard InChI is InChI=1S/C17H28OSi/c1-9-14-11-10-12-15(13(14)2)18-19(16(3,4)5)17(6,7)8/h9-12,19H,1H2,2-8H3. The molecule has 1 nitrogen and oxygen atoms in total. The van der Waals surface area contributed by atoms with E-state index in [1.807, 2.05) is 6.08 Å². The van der Waals surface area contributed by atoms with Crippen LogP contribution >= 0.6 is 0 Å². The Balaban J connectivity index is 3.15. The van der Waals surface area contributed by atoms with E-state index in [9.17, 15) is 0 Å².